The number of rotatable bonds is 4. The second kappa shape index (κ2) is 6.02. The number of hydrogen-bond donors (Lipinski definition) is 1. The van der Waals surface area contributed by atoms with Gasteiger partial charge in [0.25, 0.3) is 10.0 Å². The highest BCUT2D eigenvalue weighted by molar-refractivity contribution is 7.91. The maximum Gasteiger partial charge on any atom is 0.250 e. The van der Waals surface area contributed by atoms with Gasteiger partial charge in [0, 0.05) is 13.1 Å². The molecule has 1 fully saturated rings. The molecule has 1 aliphatic heterocycles. The van der Waals surface area contributed by atoms with Crippen LogP contribution < -0.4 is 4.72 Å². The Kier molecular flexibility index (Phi) is 4.59. The zero-order valence-corrected chi connectivity index (χ0v) is 12.5. The number of carbonyl (C=O) groups is 1. The third-order valence-corrected chi connectivity index (χ3v) is 6.07. The lowest BCUT2D eigenvalue weighted by Crippen LogP contribution is -2.48. The van der Waals surface area contributed by atoms with E-state index >= 15 is 0 Å². The van der Waals surface area contributed by atoms with Gasteiger partial charge in [0.2, 0.25) is 5.91 Å². The molecule has 1 atom stereocenters. The van der Waals surface area contributed by atoms with Crippen LogP contribution >= 0.6 is 11.3 Å². The Morgan fingerprint density at radius 2 is 2.05 bits per heavy atom. The van der Waals surface area contributed by atoms with Gasteiger partial charge in [-0.2, -0.15) is 4.72 Å². The number of hydrogen-bond acceptors (Lipinski definition) is 4. The predicted octanol–water partition coefficient (Wildman–Crippen LogP) is 1.43. The average Bonchev–Trinajstić information content (AvgIpc) is 2.93. The van der Waals surface area contributed by atoms with Crippen LogP contribution in [0, 0.1) is 0 Å². The fraction of sp³-hybridized carbons (Fsp3) is 0.583. The molecule has 19 heavy (non-hydrogen) atoms. The van der Waals surface area contributed by atoms with Crippen molar-refractivity contribution in [2.45, 2.75) is 36.4 Å². The van der Waals surface area contributed by atoms with Crippen molar-refractivity contribution in [3.63, 3.8) is 0 Å². The van der Waals surface area contributed by atoms with Crippen molar-refractivity contribution in [2.24, 2.45) is 0 Å². The highest BCUT2D eigenvalue weighted by atomic mass is 32.2. The molecule has 0 aliphatic carbocycles. The number of likely N-dealkylation sites (tertiary alicyclic amines) is 1. The molecule has 2 rings (SSSR count). The Morgan fingerprint density at radius 3 is 2.63 bits per heavy atom. The first-order chi connectivity index (χ1) is 9.00. The van der Waals surface area contributed by atoms with E-state index in [1.54, 1.807) is 23.3 Å². The zero-order chi connectivity index (χ0) is 13.9. The lowest BCUT2D eigenvalue weighted by molar-refractivity contribution is -0.133. The van der Waals surface area contributed by atoms with Crippen LogP contribution in [-0.2, 0) is 14.8 Å². The lowest BCUT2D eigenvalue weighted by Gasteiger charge is -2.29. The summed E-state index contributed by atoms with van der Waals surface area (Å²) < 4.78 is 26.7. The number of carbonyl (C=O) groups excluding carboxylic acids is 1. The van der Waals surface area contributed by atoms with Crippen LogP contribution in [0.15, 0.2) is 21.7 Å². The maximum absolute atomic E-state index is 12.1. The molecular formula is C12H18N2O3S2. The summed E-state index contributed by atoms with van der Waals surface area (Å²) in [6.45, 7) is 3.05. The van der Waals surface area contributed by atoms with Gasteiger partial charge < -0.3 is 4.90 Å². The Labute approximate surface area is 117 Å². The van der Waals surface area contributed by atoms with Gasteiger partial charge in [0.05, 0.1) is 6.04 Å². The van der Waals surface area contributed by atoms with Gasteiger partial charge in [-0.3, -0.25) is 4.79 Å². The second-order valence-corrected chi connectivity index (χ2v) is 7.55. The molecule has 0 saturated carbocycles. The first-order valence-electron chi connectivity index (χ1n) is 6.35. The molecule has 1 aromatic rings. The Morgan fingerprint density at radius 1 is 1.37 bits per heavy atom. The van der Waals surface area contributed by atoms with E-state index < -0.39 is 16.1 Å². The largest absolute Gasteiger partial charge is 0.341 e. The number of amides is 1. The monoisotopic (exact) mass is 302 g/mol. The van der Waals surface area contributed by atoms with Crippen LogP contribution in [-0.4, -0.2) is 38.4 Å². The van der Waals surface area contributed by atoms with Crippen molar-refractivity contribution in [3.05, 3.63) is 17.5 Å². The average molecular weight is 302 g/mol. The fourth-order valence-electron chi connectivity index (χ4n) is 2.15. The van der Waals surface area contributed by atoms with Crippen molar-refractivity contribution in [2.75, 3.05) is 13.1 Å². The molecule has 1 aromatic heterocycles. The first kappa shape index (κ1) is 14.5. The van der Waals surface area contributed by atoms with Gasteiger partial charge in [-0.15, -0.1) is 11.3 Å². The highest BCUT2D eigenvalue weighted by Gasteiger charge is 2.26. The molecule has 1 aliphatic rings. The summed E-state index contributed by atoms with van der Waals surface area (Å²) >= 11 is 1.14. The number of nitrogens with zero attached hydrogens (tertiary/aromatic N) is 1. The zero-order valence-electron chi connectivity index (χ0n) is 10.8. The molecule has 1 saturated heterocycles. The maximum atomic E-state index is 12.1. The minimum absolute atomic E-state index is 0.139. The van der Waals surface area contributed by atoms with E-state index in [1.807, 2.05) is 0 Å². The van der Waals surface area contributed by atoms with E-state index in [0.29, 0.717) is 0 Å². The standard InChI is InChI=1S/C12H18N2O3S2/c1-10(12(15)14-7-3-2-4-8-14)13-19(16,17)11-6-5-9-18-11/h5-6,9-10,13H,2-4,7-8H2,1H3/t10-/m1/s1. The molecule has 2 heterocycles. The second-order valence-electron chi connectivity index (χ2n) is 4.66. The van der Waals surface area contributed by atoms with Crippen molar-refractivity contribution in [1.29, 1.82) is 0 Å². The molecule has 0 unspecified atom stereocenters. The Bertz CT molecular complexity index is 519. The van der Waals surface area contributed by atoms with E-state index in [-0.39, 0.29) is 10.1 Å². The van der Waals surface area contributed by atoms with E-state index in [9.17, 15) is 13.2 Å². The molecular weight excluding hydrogens is 284 g/mol. The minimum atomic E-state index is -3.58. The van der Waals surface area contributed by atoms with Crippen molar-refractivity contribution < 1.29 is 13.2 Å². The first-order valence-corrected chi connectivity index (χ1v) is 8.71. The molecule has 0 radical (unpaired) electrons. The summed E-state index contributed by atoms with van der Waals surface area (Å²) in [5.41, 5.74) is 0. The topological polar surface area (TPSA) is 66.5 Å². The molecule has 0 bridgehead atoms. The number of thiophene rings is 1. The van der Waals surface area contributed by atoms with Crippen molar-refractivity contribution >= 4 is 27.3 Å². The summed E-state index contributed by atoms with van der Waals surface area (Å²) in [5.74, 6) is -0.139. The number of sulfonamides is 1. The van der Waals surface area contributed by atoms with E-state index in [4.69, 9.17) is 0 Å². The van der Waals surface area contributed by atoms with Crippen LogP contribution in [0.4, 0.5) is 0 Å². The van der Waals surface area contributed by atoms with Crippen LogP contribution in [0.2, 0.25) is 0 Å². The smallest absolute Gasteiger partial charge is 0.250 e. The summed E-state index contributed by atoms with van der Waals surface area (Å²) in [7, 11) is -3.58. The molecule has 7 heteroatoms. The molecule has 0 spiro atoms. The van der Waals surface area contributed by atoms with E-state index in [0.717, 1.165) is 43.7 Å². The highest BCUT2D eigenvalue weighted by Crippen LogP contribution is 2.16. The molecule has 5 nitrogen and oxygen atoms in total. The minimum Gasteiger partial charge on any atom is -0.341 e. The van der Waals surface area contributed by atoms with Gasteiger partial charge in [-0.1, -0.05) is 6.07 Å². The van der Waals surface area contributed by atoms with Gasteiger partial charge in [0.1, 0.15) is 4.21 Å². The third-order valence-electron chi connectivity index (χ3n) is 3.13. The Hall–Kier alpha value is -0.920. The van der Waals surface area contributed by atoms with Crippen LogP contribution in [0.3, 0.4) is 0 Å². The van der Waals surface area contributed by atoms with Crippen molar-refractivity contribution in [3.8, 4) is 0 Å². The SMILES string of the molecule is C[C@@H](NS(=O)(=O)c1cccs1)C(=O)N1CCCCC1. The molecule has 106 valence electrons. The molecule has 0 aromatic carbocycles. The molecule has 1 amide bonds. The van der Waals surface area contributed by atoms with E-state index in [1.165, 1.54) is 6.07 Å². The summed E-state index contributed by atoms with van der Waals surface area (Å²) in [5, 5.41) is 1.70. The van der Waals surface area contributed by atoms with Crippen LogP contribution in [0.25, 0.3) is 0 Å². The normalized spacial score (nSPS) is 18.3. The predicted molar refractivity (Wildman–Crippen MR) is 74.5 cm³/mol. The van der Waals surface area contributed by atoms with Gasteiger partial charge in [0.15, 0.2) is 0 Å². The quantitative estimate of drug-likeness (QED) is 0.915. The number of piperidine rings is 1. The molecule has 1 N–H and O–H groups in total. The Balaban J connectivity index is 2.00. The van der Waals surface area contributed by atoms with E-state index in [2.05, 4.69) is 4.72 Å². The fourth-order valence-corrected chi connectivity index (χ4v) is 4.35. The van der Waals surface area contributed by atoms with Gasteiger partial charge in [-0.05, 0) is 37.6 Å². The van der Waals surface area contributed by atoms with Crippen LogP contribution in [0.5, 0.6) is 0 Å². The van der Waals surface area contributed by atoms with Gasteiger partial charge in [-0.25, -0.2) is 8.42 Å². The summed E-state index contributed by atoms with van der Waals surface area (Å²) in [4.78, 5) is 13.9. The third kappa shape index (κ3) is 3.55. The summed E-state index contributed by atoms with van der Waals surface area (Å²) in [6.07, 6.45) is 3.13. The van der Waals surface area contributed by atoms with Gasteiger partial charge >= 0.3 is 0 Å². The lowest BCUT2D eigenvalue weighted by atomic mass is 10.1. The van der Waals surface area contributed by atoms with Crippen LogP contribution in [0.1, 0.15) is 26.2 Å². The summed E-state index contributed by atoms with van der Waals surface area (Å²) in [6, 6.07) is 2.49. The number of nitrogens with one attached hydrogen (secondary N) is 1. The van der Waals surface area contributed by atoms with Crippen molar-refractivity contribution in [1.82, 2.24) is 9.62 Å².